The van der Waals surface area contributed by atoms with Gasteiger partial charge in [-0.1, -0.05) is 12.8 Å². The number of thiazole rings is 1. The maximum Gasteiger partial charge on any atom is 0.228 e. The van der Waals surface area contributed by atoms with Crippen molar-refractivity contribution in [3.8, 4) is 0 Å². The fraction of sp³-hybridized carbons (Fsp3) is 0.667. The van der Waals surface area contributed by atoms with Gasteiger partial charge in [0.15, 0.2) is 0 Å². The van der Waals surface area contributed by atoms with Crippen molar-refractivity contribution in [2.24, 2.45) is 5.92 Å². The zero-order chi connectivity index (χ0) is 14.8. The molecule has 0 spiro atoms. The van der Waals surface area contributed by atoms with E-state index in [1.165, 1.54) is 12.8 Å². The highest BCUT2D eigenvalue weighted by molar-refractivity contribution is 7.09. The van der Waals surface area contributed by atoms with Crippen LogP contribution in [0.4, 0.5) is 0 Å². The summed E-state index contributed by atoms with van der Waals surface area (Å²) in [4.78, 5) is 32.5. The summed E-state index contributed by atoms with van der Waals surface area (Å²) < 4.78 is 0. The molecule has 2 fully saturated rings. The van der Waals surface area contributed by atoms with Crippen LogP contribution in [0.1, 0.15) is 37.1 Å². The molecule has 1 saturated carbocycles. The van der Waals surface area contributed by atoms with E-state index in [0.717, 1.165) is 17.8 Å². The summed E-state index contributed by atoms with van der Waals surface area (Å²) in [6, 6.07) is 0.375. The van der Waals surface area contributed by atoms with Gasteiger partial charge in [-0.2, -0.15) is 0 Å². The fourth-order valence-corrected chi connectivity index (χ4v) is 4.06. The van der Waals surface area contributed by atoms with Gasteiger partial charge in [0.2, 0.25) is 11.8 Å². The van der Waals surface area contributed by atoms with Crippen molar-refractivity contribution in [3.05, 3.63) is 16.6 Å². The molecule has 2 amide bonds. The SMILES string of the molecule is CN(Cc1nccs1)C(=O)[C@@H]1CC(=O)N(C2CCCC2)C1. The average molecular weight is 307 g/mol. The van der Waals surface area contributed by atoms with E-state index in [-0.39, 0.29) is 17.7 Å². The van der Waals surface area contributed by atoms with Crippen molar-refractivity contribution >= 4 is 23.2 Å². The maximum atomic E-state index is 12.5. The van der Waals surface area contributed by atoms with Crippen LogP contribution >= 0.6 is 11.3 Å². The molecule has 1 atom stereocenters. The van der Waals surface area contributed by atoms with Gasteiger partial charge < -0.3 is 9.80 Å². The van der Waals surface area contributed by atoms with Crippen molar-refractivity contribution in [3.63, 3.8) is 0 Å². The standard InChI is InChI=1S/C15H21N3O2S/c1-17(10-13-16-6-7-21-13)15(20)11-8-14(19)18(9-11)12-4-2-3-5-12/h6-7,11-12H,2-5,8-10H2,1H3/t11-/m1/s1. The van der Waals surface area contributed by atoms with E-state index >= 15 is 0 Å². The minimum absolute atomic E-state index is 0.0686. The molecule has 2 aliphatic rings. The molecule has 0 radical (unpaired) electrons. The molecule has 21 heavy (non-hydrogen) atoms. The number of aromatic nitrogens is 1. The summed E-state index contributed by atoms with van der Waals surface area (Å²) >= 11 is 1.55. The Balaban J connectivity index is 1.59. The van der Waals surface area contributed by atoms with Crippen molar-refractivity contribution in [2.45, 2.75) is 44.7 Å². The van der Waals surface area contributed by atoms with Crippen molar-refractivity contribution in [2.75, 3.05) is 13.6 Å². The second-order valence-electron chi connectivity index (χ2n) is 6.01. The Bertz CT molecular complexity index is 511. The Morgan fingerprint density at radius 2 is 2.24 bits per heavy atom. The molecule has 114 valence electrons. The number of likely N-dealkylation sites (tertiary alicyclic amines) is 1. The largest absolute Gasteiger partial charge is 0.339 e. The molecule has 1 saturated heterocycles. The quantitative estimate of drug-likeness (QED) is 0.853. The lowest BCUT2D eigenvalue weighted by molar-refractivity contribution is -0.135. The van der Waals surface area contributed by atoms with Gasteiger partial charge in [0.25, 0.3) is 0 Å². The molecule has 1 aromatic heterocycles. The Hall–Kier alpha value is -1.43. The van der Waals surface area contributed by atoms with Gasteiger partial charge in [-0.25, -0.2) is 4.98 Å². The summed E-state index contributed by atoms with van der Waals surface area (Å²) in [5.74, 6) is 0.0463. The number of carbonyl (C=O) groups excluding carboxylic acids is 2. The molecule has 6 heteroatoms. The Morgan fingerprint density at radius 1 is 1.48 bits per heavy atom. The molecule has 0 bridgehead atoms. The number of hydrogen-bond donors (Lipinski definition) is 0. The minimum Gasteiger partial charge on any atom is -0.339 e. The lowest BCUT2D eigenvalue weighted by Crippen LogP contribution is -2.37. The molecule has 3 rings (SSSR count). The number of rotatable bonds is 4. The first kappa shape index (κ1) is 14.5. The number of carbonyl (C=O) groups is 2. The zero-order valence-corrected chi connectivity index (χ0v) is 13.1. The third kappa shape index (κ3) is 3.10. The molecule has 0 N–H and O–H groups in total. The molecule has 5 nitrogen and oxygen atoms in total. The van der Waals surface area contributed by atoms with Crippen LogP contribution in [-0.2, 0) is 16.1 Å². The van der Waals surface area contributed by atoms with Gasteiger partial charge >= 0.3 is 0 Å². The normalized spacial score (nSPS) is 23.0. The maximum absolute atomic E-state index is 12.5. The van der Waals surface area contributed by atoms with E-state index in [2.05, 4.69) is 4.98 Å². The van der Waals surface area contributed by atoms with E-state index in [9.17, 15) is 9.59 Å². The number of nitrogens with zero attached hydrogens (tertiary/aromatic N) is 3. The van der Waals surface area contributed by atoms with Crippen molar-refractivity contribution in [1.29, 1.82) is 0 Å². The van der Waals surface area contributed by atoms with Crippen molar-refractivity contribution in [1.82, 2.24) is 14.8 Å². The van der Waals surface area contributed by atoms with E-state index in [0.29, 0.717) is 25.6 Å². The highest BCUT2D eigenvalue weighted by atomic mass is 32.1. The van der Waals surface area contributed by atoms with Crippen LogP contribution in [0, 0.1) is 5.92 Å². The molecule has 1 aliphatic carbocycles. The topological polar surface area (TPSA) is 53.5 Å². The summed E-state index contributed by atoms with van der Waals surface area (Å²) in [5, 5.41) is 2.84. The second kappa shape index (κ2) is 6.13. The summed E-state index contributed by atoms with van der Waals surface area (Å²) in [7, 11) is 1.80. The molecule has 1 aliphatic heterocycles. The van der Waals surface area contributed by atoms with Crippen LogP contribution in [0.5, 0.6) is 0 Å². The third-order valence-corrected chi connectivity index (χ3v) is 5.27. The van der Waals surface area contributed by atoms with Crippen molar-refractivity contribution < 1.29 is 9.59 Å². The van der Waals surface area contributed by atoms with Crippen LogP contribution in [-0.4, -0.2) is 46.2 Å². The van der Waals surface area contributed by atoms with E-state index < -0.39 is 0 Å². The van der Waals surface area contributed by atoms with Crippen LogP contribution in [0.15, 0.2) is 11.6 Å². The van der Waals surface area contributed by atoms with Gasteiger partial charge in [0.1, 0.15) is 5.01 Å². The van der Waals surface area contributed by atoms with Gasteiger partial charge in [0.05, 0.1) is 12.5 Å². The average Bonchev–Trinajstić information content (AvgIpc) is 3.17. The molecular formula is C15H21N3O2S. The van der Waals surface area contributed by atoms with E-state index in [1.807, 2.05) is 10.3 Å². The first-order valence-electron chi connectivity index (χ1n) is 7.58. The number of hydrogen-bond acceptors (Lipinski definition) is 4. The van der Waals surface area contributed by atoms with E-state index in [4.69, 9.17) is 0 Å². The summed E-state index contributed by atoms with van der Waals surface area (Å²) in [5.41, 5.74) is 0. The smallest absolute Gasteiger partial charge is 0.228 e. The lowest BCUT2D eigenvalue weighted by atomic mass is 10.1. The van der Waals surface area contributed by atoms with Crippen LogP contribution in [0.2, 0.25) is 0 Å². The van der Waals surface area contributed by atoms with E-state index in [1.54, 1.807) is 29.5 Å². The van der Waals surface area contributed by atoms with Crippen LogP contribution in [0.3, 0.4) is 0 Å². The third-order valence-electron chi connectivity index (χ3n) is 4.51. The highest BCUT2D eigenvalue weighted by Crippen LogP contribution is 2.30. The predicted molar refractivity (Wildman–Crippen MR) is 80.7 cm³/mol. The Morgan fingerprint density at radius 3 is 2.90 bits per heavy atom. The minimum atomic E-state index is -0.178. The monoisotopic (exact) mass is 307 g/mol. The lowest BCUT2D eigenvalue weighted by Gasteiger charge is -2.25. The van der Waals surface area contributed by atoms with Gasteiger partial charge in [0, 0.05) is 37.6 Å². The molecular weight excluding hydrogens is 286 g/mol. The molecule has 2 heterocycles. The van der Waals surface area contributed by atoms with Gasteiger partial charge in [-0.3, -0.25) is 9.59 Å². The molecule has 0 unspecified atom stereocenters. The van der Waals surface area contributed by atoms with Gasteiger partial charge in [-0.15, -0.1) is 11.3 Å². The van der Waals surface area contributed by atoms with Crippen LogP contribution < -0.4 is 0 Å². The predicted octanol–water partition coefficient (Wildman–Crippen LogP) is 1.89. The second-order valence-corrected chi connectivity index (χ2v) is 6.98. The Kier molecular flexibility index (Phi) is 4.24. The van der Waals surface area contributed by atoms with Gasteiger partial charge in [-0.05, 0) is 12.8 Å². The molecule has 0 aromatic carbocycles. The first-order chi connectivity index (χ1) is 10.1. The number of amides is 2. The highest BCUT2D eigenvalue weighted by Gasteiger charge is 2.39. The van der Waals surface area contributed by atoms with Crippen LogP contribution in [0.25, 0.3) is 0 Å². The fourth-order valence-electron chi connectivity index (χ4n) is 3.39. The summed E-state index contributed by atoms with van der Waals surface area (Å²) in [6.45, 7) is 1.13. The molecule has 1 aromatic rings. The first-order valence-corrected chi connectivity index (χ1v) is 8.46. The zero-order valence-electron chi connectivity index (χ0n) is 12.3. The Labute approximate surface area is 129 Å². The summed E-state index contributed by atoms with van der Waals surface area (Å²) in [6.07, 6.45) is 6.73.